The van der Waals surface area contributed by atoms with E-state index in [-0.39, 0.29) is 11.9 Å². The van der Waals surface area contributed by atoms with Crippen molar-refractivity contribution in [2.45, 2.75) is 38.4 Å². The summed E-state index contributed by atoms with van der Waals surface area (Å²) in [5, 5.41) is 2.67. The van der Waals surface area contributed by atoms with E-state index >= 15 is 0 Å². The summed E-state index contributed by atoms with van der Waals surface area (Å²) in [5.41, 5.74) is 5.80. The first-order valence-electron chi connectivity index (χ1n) is 6.36. The maximum absolute atomic E-state index is 11.4. The van der Waals surface area contributed by atoms with Crippen LogP contribution in [0.1, 0.15) is 20.3 Å². The second-order valence-electron chi connectivity index (χ2n) is 5.08. The lowest BCUT2D eigenvalue weighted by Gasteiger charge is -2.45. The van der Waals surface area contributed by atoms with Gasteiger partial charge in [-0.1, -0.05) is 0 Å². The van der Waals surface area contributed by atoms with E-state index in [0.29, 0.717) is 25.0 Å². The quantitative estimate of drug-likeness (QED) is 0.696. The molecular weight excluding hydrogens is 216 g/mol. The molecule has 1 saturated heterocycles. The number of hydrogen-bond donors (Lipinski definition) is 2. The van der Waals surface area contributed by atoms with Crippen molar-refractivity contribution >= 4 is 5.91 Å². The Hall–Kier alpha value is -0.650. The van der Waals surface area contributed by atoms with Crippen LogP contribution in [0.25, 0.3) is 0 Å². The Bertz CT molecular complexity index is 247. The van der Waals surface area contributed by atoms with Crippen molar-refractivity contribution in [3.05, 3.63) is 0 Å². The molecule has 1 rings (SSSR count). The summed E-state index contributed by atoms with van der Waals surface area (Å²) in [5.74, 6) is 0.0692. The van der Waals surface area contributed by atoms with E-state index in [1.54, 1.807) is 7.05 Å². The lowest BCUT2D eigenvalue weighted by atomic mass is 10.0. The molecule has 3 unspecified atom stereocenters. The van der Waals surface area contributed by atoms with E-state index in [2.05, 4.69) is 36.0 Å². The van der Waals surface area contributed by atoms with E-state index in [1.165, 1.54) is 0 Å². The van der Waals surface area contributed by atoms with Gasteiger partial charge in [-0.05, 0) is 20.9 Å². The second-order valence-corrected chi connectivity index (χ2v) is 5.08. The van der Waals surface area contributed by atoms with Crippen LogP contribution in [0, 0.1) is 0 Å². The Kier molecular flexibility index (Phi) is 5.36. The highest BCUT2D eigenvalue weighted by atomic mass is 16.1. The number of likely N-dealkylation sites (N-methyl/N-ethyl adjacent to an activating group) is 1. The molecule has 5 nitrogen and oxygen atoms in total. The maximum atomic E-state index is 11.4. The number of nitrogens with one attached hydrogen (secondary N) is 1. The molecule has 0 aromatic rings. The number of piperazine rings is 1. The molecule has 0 aliphatic carbocycles. The number of amides is 1. The van der Waals surface area contributed by atoms with Gasteiger partial charge in [0.05, 0.1) is 0 Å². The SMILES string of the molecule is CNC(=O)CC(CN)N1CC(C)N(C)C(C)C1. The van der Waals surface area contributed by atoms with Crippen molar-refractivity contribution in [1.29, 1.82) is 0 Å². The fraction of sp³-hybridized carbons (Fsp3) is 0.917. The Morgan fingerprint density at radius 3 is 2.35 bits per heavy atom. The van der Waals surface area contributed by atoms with Crippen LogP contribution >= 0.6 is 0 Å². The van der Waals surface area contributed by atoms with Crippen molar-refractivity contribution in [2.24, 2.45) is 5.73 Å². The minimum atomic E-state index is 0.0692. The highest BCUT2D eigenvalue weighted by Crippen LogP contribution is 2.16. The molecule has 1 fully saturated rings. The molecule has 0 aromatic carbocycles. The highest BCUT2D eigenvalue weighted by molar-refractivity contribution is 5.76. The Balaban J connectivity index is 2.60. The third kappa shape index (κ3) is 3.66. The second kappa shape index (κ2) is 6.33. The molecule has 0 spiro atoms. The molecule has 0 bridgehead atoms. The van der Waals surface area contributed by atoms with Crippen molar-refractivity contribution < 1.29 is 4.79 Å². The molecule has 0 radical (unpaired) electrons. The van der Waals surface area contributed by atoms with Crippen LogP contribution in [0.5, 0.6) is 0 Å². The molecule has 1 heterocycles. The van der Waals surface area contributed by atoms with E-state index in [4.69, 9.17) is 5.73 Å². The summed E-state index contributed by atoms with van der Waals surface area (Å²) in [7, 11) is 3.83. The topological polar surface area (TPSA) is 61.6 Å². The van der Waals surface area contributed by atoms with Crippen LogP contribution in [0.3, 0.4) is 0 Å². The number of hydrogen-bond acceptors (Lipinski definition) is 4. The van der Waals surface area contributed by atoms with Gasteiger partial charge in [0, 0.05) is 51.2 Å². The monoisotopic (exact) mass is 242 g/mol. The van der Waals surface area contributed by atoms with Gasteiger partial charge in [-0.3, -0.25) is 14.6 Å². The summed E-state index contributed by atoms with van der Waals surface area (Å²) in [6.45, 7) is 6.95. The van der Waals surface area contributed by atoms with Gasteiger partial charge in [-0.2, -0.15) is 0 Å². The van der Waals surface area contributed by atoms with Gasteiger partial charge < -0.3 is 11.1 Å². The first-order valence-corrected chi connectivity index (χ1v) is 6.36. The number of nitrogens with two attached hydrogens (primary N) is 1. The molecule has 17 heavy (non-hydrogen) atoms. The molecule has 3 atom stereocenters. The number of rotatable bonds is 4. The predicted molar refractivity (Wildman–Crippen MR) is 69.8 cm³/mol. The fourth-order valence-corrected chi connectivity index (χ4v) is 2.42. The minimum Gasteiger partial charge on any atom is -0.359 e. The van der Waals surface area contributed by atoms with Gasteiger partial charge in [-0.25, -0.2) is 0 Å². The lowest BCUT2D eigenvalue weighted by molar-refractivity contribution is -0.122. The largest absolute Gasteiger partial charge is 0.359 e. The smallest absolute Gasteiger partial charge is 0.221 e. The molecule has 100 valence electrons. The first-order chi connectivity index (χ1) is 7.99. The number of carbonyl (C=O) groups excluding carboxylic acids is 1. The van der Waals surface area contributed by atoms with Gasteiger partial charge in [0.2, 0.25) is 5.91 Å². The molecule has 1 aliphatic heterocycles. The van der Waals surface area contributed by atoms with E-state index in [9.17, 15) is 4.79 Å². The predicted octanol–water partition coefficient (Wildman–Crippen LogP) is -0.526. The van der Waals surface area contributed by atoms with Crippen molar-refractivity contribution in [3.8, 4) is 0 Å². The van der Waals surface area contributed by atoms with Gasteiger partial charge in [0.15, 0.2) is 0 Å². The van der Waals surface area contributed by atoms with Crippen LogP contribution in [-0.4, -0.2) is 67.6 Å². The zero-order chi connectivity index (χ0) is 13.0. The van der Waals surface area contributed by atoms with Crippen LogP contribution in [0.4, 0.5) is 0 Å². The van der Waals surface area contributed by atoms with Crippen LogP contribution in [0.2, 0.25) is 0 Å². The van der Waals surface area contributed by atoms with E-state index in [0.717, 1.165) is 13.1 Å². The van der Waals surface area contributed by atoms with Crippen LogP contribution in [-0.2, 0) is 4.79 Å². The number of carbonyl (C=O) groups is 1. The highest BCUT2D eigenvalue weighted by Gasteiger charge is 2.30. The number of nitrogens with zero attached hydrogens (tertiary/aromatic N) is 2. The lowest BCUT2D eigenvalue weighted by Crippen LogP contribution is -2.59. The Morgan fingerprint density at radius 2 is 1.94 bits per heavy atom. The van der Waals surface area contributed by atoms with Crippen molar-refractivity contribution in [1.82, 2.24) is 15.1 Å². The normalized spacial score (nSPS) is 29.0. The zero-order valence-electron chi connectivity index (χ0n) is 11.4. The standard InChI is InChI=1S/C12H26N4O/c1-9-7-16(8-10(2)15(9)4)11(6-13)5-12(17)14-3/h9-11H,5-8,13H2,1-4H3,(H,14,17). The van der Waals surface area contributed by atoms with E-state index < -0.39 is 0 Å². The van der Waals surface area contributed by atoms with Gasteiger partial charge in [0.25, 0.3) is 0 Å². The van der Waals surface area contributed by atoms with Crippen LogP contribution in [0.15, 0.2) is 0 Å². The third-order valence-corrected chi connectivity index (χ3v) is 3.88. The van der Waals surface area contributed by atoms with Crippen molar-refractivity contribution in [2.75, 3.05) is 33.7 Å². The van der Waals surface area contributed by atoms with Crippen LogP contribution < -0.4 is 11.1 Å². The van der Waals surface area contributed by atoms with Crippen molar-refractivity contribution in [3.63, 3.8) is 0 Å². The molecule has 1 amide bonds. The minimum absolute atomic E-state index is 0.0692. The summed E-state index contributed by atoms with van der Waals surface area (Å²) >= 11 is 0. The maximum Gasteiger partial charge on any atom is 0.221 e. The average Bonchev–Trinajstić information content (AvgIpc) is 2.31. The Morgan fingerprint density at radius 1 is 1.41 bits per heavy atom. The molecular formula is C12H26N4O. The third-order valence-electron chi connectivity index (χ3n) is 3.88. The van der Waals surface area contributed by atoms with Gasteiger partial charge in [-0.15, -0.1) is 0 Å². The van der Waals surface area contributed by atoms with Gasteiger partial charge in [0.1, 0.15) is 0 Å². The Labute approximate surface area is 104 Å². The summed E-state index contributed by atoms with van der Waals surface area (Å²) in [4.78, 5) is 16.2. The average molecular weight is 242 g/mol. The molecule has 3 N–H and O–H groups in total. The van der Waals surface area contributed by atoms with Gasteiger partial charge >= 0.3 is 0 Å². The first kappa shape index (κ1) is 14.4. The molecule has 0 saturated carbocycles. The molecule has 1 aliphatic rings. The molecule has 5 heteroatoms. The van der Waals surface area contributed by atoms with E-state index in [1.807, 2.05) is 0 Å². The molecule has 0 aromatic heterocycles. The summed E-state index contributed by atoms with van der Waals surface area (Å²) in [6, 6.07) is 1.18. The zero-order valence-corrected chi connectivity index (χ0v) is 11.4. The fourth-order valence-electron chi connectivity index (χ4n) is 2.42. The summed E-state index contributed by atoms with van der Waals surface area (Å²) in [6.07, 6.45) is 0.496. The summed E-state index contributed by atoms with van der Waals surface area (Å²) < 4.78 is 0.